The first-order chi connectivity index (χ1) is 5.20. The van der Waals surface area contributed by atoms with E-state index in [0.29, 0.717) is 0 Å². The Kier molecular flexibility index (Phi) is 2.48. The Balaban J connectivity index is 2.90. The summed E-state index contributed by atoms with van der Waals surface area (Å²) in [6.07, 6.45) is 5.22. The highest BCUT2D eigenvalue weighted by atomic mass is 32.2. The smallest absolute Gasteiger partial charge is 0.184 e. The number of nitrogens with two attached hydrogens (primary N) is 1. The Bertz CT molecular complexity index is 259. The molecule has 0 aromatic rings. The van der Waals surface area contributed by atoms with E-state index in [1.807, 2.05) is 13.0 Å². The van der Waals surface area contributed by atoms with Crippen LogP contribution in [0.5, 0.6) is 0 Å². The molecular weight excluding hydrogens is 158 g/mol. The van der Waals surface area contributed by atoms with E-state index in [1.54, 1.807) is 12.3 Å². The van der Waals surface area contributed by atoms with Crippen molar-refractivity contribution < 1.29 is 0 Å². The van der Waals surface area contributed by atoms with Crippen LogP contribution in [0.2, 0.25) is 0 Å². The fourth-order valence-electron chi connectivity index (χ4n) is 0.618. The Morgan fingerprint density at radius 1 is 1.73 bits per heavy atom. The minimum atomic E-state index is 0.273. The predicted octanol–water partition coefficient (Wildman–Crippen LogP) is 1.49. The normalized spacial score (nSPS) is 21.7. The number of allylic oxidation sites excluding steroid dienone is 3. The standard InChI is InChI=1S/C7H9N3S/c1-5(8)6-3-2-4-10-7(9)11-6/h2-4,9H,8H2,1H3. The second-order valence-electron chi connectivity index (χ2n) is 2.09. The highest BCUT2D eigenvalue weighted by Crippen LogP contribution is 2.21. The molecule has 3 nitrogen and oxygen atoms in total. The van der Waals surface area contributed by atoms with Gasteiger partial charge in [0.05, 0.1) is 0 Å². The summed E-state index contributed by atoms with van der Waals surface area (Å²) in [7, 11) is 0. The van der Waals surface area contributed by atoms with E-state index in [9.17, 15) is 0 Å². The molecule has 1 aliphatic heterocycles. The van der Waals surface area contributed by atoms with Crippen molar-refractivity contribution in [2.24, 2.45) is 10.7 Å². The summed E-state index contributed by atoms with van der Waals surface area (Å²) in [5.41, 5.74) is 6.28. The van der Waals surface area contributed by atoms with Crippen LogP contribution in [0.15, 0.2) is 27.7 Å². The molecule has 0 amide bonds. The maximum atomic E-state index is 7.29. The lowest BCUT2D eigenvalue weighted by molar-refractivity contribution is 1.31. The maximum Gasteiger partial charge on any atom is 0.184 e. The van der Waals surface area contributed by atoms with E-state index in [4.69, 9.17) is 11.1 Å². The van der Waals surface area contributed by atoms with Gasteiger partial charge in [-0.3, -0.25) is 5.41 Å². The first kappa shape index (κ1) is 8.07. The van der Waals surface area contributed by atoms with Crippen molar-refractivity contribution in [3.05, 3.63) is 22.8 Å². The van der Waals surface area contributed by atoms with Crippen LogP contribution in [-0.2, 0) is 0 Å². The molecule has 1 rings (SSSR count). The highest BCUT2D eigenvalue weighted by Gasteiger charge is 2.02. The van der Waals surface area contributed by atoms with Crippen molar-refractivity contribution in [3.8, 4) is 0 Å². The summed E-state index contributed by atoms with van der Waals surface area (Å²) < 4.78 is 0. The van der Waals surface area contributed by atoms with Crippen molar-refractivity contribution >= 4 is 23.1 Å². The first-order valence-electron chi connectivity index (χ1n) is 3.13. The van der Waals surface area contributed by atoms with Gasteiger partial charge < -0.3 is 5.73 Å². The van der Waals surface area contributed by atoms with E-state index in [1.165, 1.54) is 11.8 Å². The molecule has 0 radical (unpaired) electrons. The number of aliphatic imine (C=N–C) groups is 1. The molecule has 0 unspecified atom stereocenters. The fourth-order valence-corrected chi connectivity index (χ4v) is 1.25. The number of amidine groups is 1. The molecule has 1 aliphatic rings. The lowest BCUT2D eigenvalue weighted by Crippen LogP contribution is -1.95. The van der Waals surface area contributed by atoms with Gasteiger partial charge in [-0.15, -0.1) is 0 Å². The van der Waals surface area contributed by atoms with Crippen LogP contribution in [0.25, 0.3) is 0 Å². The molecule has 3 N–H and O–H groups in total. The van der Waals surface area contributed by atoms with Gasteiger partial charge in [-0.05, 0) is 30.8 Å². The second kappa shape index (κ2) is 3.39. The average Bonchev–Trinajstić information content (AvgIpc) is 2.13. The van der Waals surface area contributed by atoms with Crippen LogP contribution in [0.3, 0.4) is 0 Å². The number of hydrogen-bond donors (Lipinski definition) is 2. The van der Waals surface area contributed by atoms with Crippen molar-refractivity contribution in [2.75, 3.05) is 0 Å². The second-order valence-corrected chi connectivity index (χ2v) is 3.12. The fraction of sp³-hybridized carbons (Fsp3) is 0.143. The van der Waals surface area contributed by atoms with Gasteiger partial charge >= 0.3 is 0 Å². The minimum Gasteiger partial charge on any atom is -0.401 e. The monoisotopic (exact) mass is 167 g/mol. The summed E-state index contributed by atoms with van der Waals surface area (Å²) in [6, 6.07) is 0. The molecule has 0 saturated carbocycles. The predicted molar refractivity (Wildman–Crippen MR) is 49.8 cm³/mol. The Labute approximate surface area is 69.6 Å². The van der Waals surface area contributed by atoms with E-state index in [-0.39, 0.29) is 5.17 Å². The zero-order valence-electron chi connectivity index (χ0n) is 6.16. The minimum absolute atomic E-state index is 0.273. The molecule has 0 atom stereocenters. The van der Waals surface area contributed by atoms with Crippen LogP contribution in [-0.4, -0.2) is 11.4 Å². The Morgan fingerprint density at radius 2 is 2.45 bits per heavy atom. The van der Waals surface area contributed by atoms with Gasteiger partial charge in [0.2, 0.25) is 0 Å². The third-order valence-electron chi connectivity index (χ3n) is 1.12. The average molecular weight is 167 g/mol. The van der Waals surface area contributed by atoms with Gasteiger partial charge in [0.1, 0.15) is 0 Å². The number of hydrogen-bond acceptors (Lipinski definition) is 3. The molecule has 0 saturated heterocycles. The molecule has 0 aliphatic carbocycles. The molecule has 0 fully saturated rings. The summed E-state index contributed by atoms with van der Waals surface area (Å²) in [5, 5.41) is 7.56. The Morgan fingerprint density at radius 3 is 3.09 bits per heavy atom. The topological polar surface area (TPSA) is 62.2 Å². The lowest BCUT2D eigenvalue weighted by atomic mass is 10.4. The van der Waals surface area contributed by atoms with E-state index < -0.39 is 0 Å². The number of nitrogens with one attached hydrogen (secondary N) is 1. The van der Waals surface area contributed by atoms with Crippen LogP contribution >= 0.6 is 11.8 Å². The molecule has 1 heterocycles. The van der Waals surface area contributed by atoms with Crippen molar-refractivity contribution in [3.63, 3.8) is 0 Å². The van der Waals surface area contributed by atoms with Gasteiger partial charge in [0.25, 0.3) is 0 Å². The molecule has 0 aromatic heterocycles. The first-order valence-corrected chi connectivity index (χ1v) is 3.95. The van der Waals surface area contributed by atoms with Gasteiger partial charge in [0.15, 0.2) is 5.17 Å². The largest absolute Gasteiger partial charge is 0.401 e. The number of thioether (sulfide) groups is 1. The summed E-state index contributed by atoms with van der Waals surface area (Å²) in [4.78, 5) is 4.70. The summed E-state index contributed by atoms with van der Waals surface area (Å²) in [5.74, 6) is 0. The Hall–Kier alpha value is -1.03. The van der Waals surface area contributed by atoms with Gasteiger partial charge in [-0.25, -0.2) is 4.99 Å². The molecule has 58 valence electrons. The van der Waals surface area contributed by atoms with Crippen molar-refractivity contribution in [2.45, 2.75) is 6.92 Å². The zero-order chi connectivity index (χ0) is 8.27. The highest BCUT2D eigenvalue weighted by molar-refractivity contribution is 8.17. The lowest BCUT2D eigenvalue weighted by Gasteiger charge is -1.99. The third kappa shape index (κ3) is 2.23. The van der Waals surface area contributed by atoms with Crippen LogP contribution in [0.4, 0.5) is 0 Å². The van der Waals surface area contributed by atoms with E-state index >= 15 is 0 Å². The third-order valence-corrected chi connectivity index (χ3v) is 2.10. The summed E-state index contributed by atoms with van der Waals surface area (Å²) >= 11 is 1.27. The SMILES string of the molecule is CC(N)=C1C=CC=NC(=N)S1. The number of rotatable bonds is 0. The summed E-state index contributed by atoms with van der Waals surface area (Å²) in [6.45, 7) is 1.81. The van der Waals surface area contributed by atoms with E-state index in [0.717, 1.165) is 10.6 Å². The van der Waals surface area contributed by atoms with Crippen molar-refractivity contribution in [1.82, 2.24) is 0 Å². The van der Waals surface area contributed by atoms with E-state index in [2.05, 4.69) is 4.99 Å². The molecular formula is C7H9N3S. The van der Waals surface area contributed by atoms with Gasteiger partial charge in [-0.2, -0.15) is 0 Å². The van der Waals surface area contributed by atoms with Gasteiger partial charge in [-0.1, -0.05) is 0 Å². The van der Waals surface area contributed by atoms with Crippen LogP contribution in [0.1, 0.15) is 6.92 Å². The quantitative estimate of drug-likeness (QED) is 0.574. The molecule has 0 spiro atoms. The maximum absolute atomic E-state index is 7.29. The zero-order valence-corrected chi connectivity index (χ0v) is 6.98. The van der Waals surface area contributed by atoms with Crippen LogP contribution in [0, 0.1) is 5.41 Å². The molecule has 11 heavy (non-hydrogen) atoms. The molecule has 0 bridgehead atoms. The van der Waals surface area contributed by atoms with Gasteiger partial charge in [0, 0.05) is 16.8 Å². The van der Waals surface area contributed by atoms with Crippen LogP contribution < -0.4 is 5.73 Å². The number of nitrogens with zero attached hydrogens (tertiary/aromatic N) is 1. The molecule has 0 aromatic carbocycles. The van der Waals surface area contributed by atoms with Crippen molar-refractivity contribution in [1.29, 1.82) is 5.41 Å². The molecule has 4 heteroatoms.